The van der Waals surface area contributed by atoms with Crippen LogP contribution in [0.3, 0.4) is 0 Å². The minimum Gasteiger partial charge on any atom is -0.278 e. The van der Waals surface area contributed by atoms with Crippen molar-refractivity contribution in [3.8, 4) is 0 Å². The first kappa shape index (κ1) is 14.6. The number of nitrogens with one attached hydrogen (secondary N) is 1. The lowest BCUT2D eigenvalue weighted by Crippen LogP contribution is -1.94. The van der Waals surface area contributed by atoms with Crippen molar-refractivity contribution in [2.45, 2.75) is 6.92 Å². The normalized spacial score (nSPS) is 11.8. The second kappa shape index (κ2) is 7.13. The largest absolute Gasteiger partial charge is 0.278 e. The van der Waals surface area contributed by atoms with Gasteiger partial charge in [0, 0.05) is 0 Å². The molecule has 0 bridgehead atoms. The van der Waals surface area contributed by atoms with Crippen LogP contribution in [0.2, 0.25) is 10.0 Å². The minimum atomic E-state index is 0.504. The zero-order valence-corrected chi connectivity index (χ0v) is 12.5. The molecule has 2 aromatic rings. The number of rotatable bonds is 4. The number of hydrazone groups is 1. The summed E-state index contributed by atoms with van der Waals surface area (Å²) < 4.78 is 0. The highest BCUT2D eigenvalue weighted by molar-refractivity contribution is 6.42. The van der Waals surface area contributed by atoms with Crippen molar-refractivity contribution < 1.29 is 0 Å². The molecular formula is C16H14Cl2N2. The molecular weight excluding hydrogens is 291 g/mol. The molecule has 0 atom stereocenters. The van der Waals surface area contributed by atoms with Gasteiger partial charge in [-0.15, -0.1) is 0 Å². The molecule has 4 heteroatoms. The molecule has 102 valence electrons. The SMILES string of the molecule is C/C(C=Cc1ccccc1)=N\Nc1ccc(Cl)c(Cl)c1. The monoisotopic (exact) mass is 304 g/mol. The van der Waals surface area contributed by atoms with Crippen LogP contribution in [0.25, 0.3) is 6.08 Å². The van der Waals surface area contributed by atoms with Crippen LogP contribution >= 0.6 is 23.2 Å². The maximum atomic E-state index is 5.94. The van der Waals surface area contributed by atoms with Gasteiger partial charge in [-0.05, 0) is 36.8 Å². The topological polar surface area (TPSA) is 24.4 Å². The molecule has 0 saturated carbocycles. The molecule has 0 saturated heterocycles. The summed E-state index contributed by atoms with van der Waals surface area (Å²) in [4.78, 5) is 0. The zero-order valence-electron chi connectivity index (χ0n) is 11.0. The lowest BCUT2D eigenvalue weighted by molar-refractivity contribution is 1.33. The first-order chi connectivity index (χ1) is 9.65. The van der Waals surface area contributed by atoms with Crippen LogP contribution in [0.4, 0.5) is 5.69 Å². The molecule has 0 unspecified atom stereocenters. The van der Waals surface area contributed by atoms with E-state index < -0.39 is 0 Å². The zero-order chi connectivity index (χ0) is 14.4. The van der Waals surface area contributed by atoms with Crippen molar-refractivity contribution in [3.05, 3.63) is 70.2 Å². The standard InChI is InChI=1S/C16H14Cl2N2/c1-12(7-8-13-5-3-2-4-6-13)19-20-14-9-10-15(17)16(18)11-14/h2-11,20H,1H3/b8-7?,19-12+. The molecule has 0 spiro atoms. The van der Waals surface area contributed by atoms with Crippen molar-refractivity contribution in [2.24, 2.45) is 5.10 Å². The van der Waals surface area contributed by atoms with E-state index in [-0.39, 0.29) is 0 Å². The number of benzene rings is 2. The Balaban J connectivity index is 2.00. The number of anilines is 1. The molecule has 0 radical (unpaired) electrons. The van der Waals surface area contributed by atoms with Gasteiger partial charge in [0.2, 0.25) is 0 Å². The highest BCUT2D eigenvalue weighted by Gasteiger charge is 1.98. The summed E-state index contributed by atoms with van der Waals surface area (Å²) in [6.45, 7) is 1.92. The second-order valence-corrected chi connectivity index (χ2v) is 5.05. The summed E-state index contributed by atoms with van der Waals surface area (Å²) in [6, 6.07) is 15.4. The van der Waals surface area contributed by atoms with Gasteiger partial charge in [0.15, 0.2) is 0 Å². The predicted molar refractivity (Wildman–Crippen MR) is 88.7 cm³/mol. The maximum absolute atomic E-state index is 5.94. The third-order valence-corrected chi connectivity index (χ3v) is 3.34. The van der Waals surface area contributed by atoms with Crippen LogP contribution in [-0.2, 0) is 0 Å². The van der Waals surface area contributed by atoms with Crippen molar-refractivity contribution >= 4 is 40.7 Å². The van der Waals surface area contributed by atoms with E-state index in [0.717, 1.165) is 17.0 Å². The number of nitrogens with zero attached hydrogens (tertiary/aromatic N) is 1. The Morgan fingerprint density at radius 2 is 1.80 bits per heavy atom. The van der Waals surface area contributed by atoms with E-state index in [9.17, 15) is 0 Å². The number of halogens is 2. The summed E-state index contributed by atoms with van der Waals surface area (Å²) in [5.74, 6) is 0. The Bertz CT molecular complexity index is 634. The van der Waals surface area contributed by atoms with E-state index in [0.29, 0.717) is 10.0 Å². The van der Waals surface area contributed by atoms with E-state index in [1.54, 1.807) is 12.1 Å². The summed E-state index contributed by atoms with van der Waals surface area (Å²) in [5.41, 5.74) is 5.74. The highest BCUT2D eigenvalue weighted by atomic mass is 35.5. The van der Waals surface area contributed by atoms with Crippen LogP contribution in [0.1, 0.15) is 12.5 Å². The minimum absolute atomic E-state index is 0.504. The Kier molecular flexibility index (Phi) is 5.22. The maximum Gasteiger partial charge on any atom is 0.0613 e. The number of hydrogen-bond acceptors (Lipinski definition) is 2. The Hall–Kier alpha value is -1.77. The van der Waals surface area contributed by atoms with Gasteiger partial charge in [-0.1, -0.05) is 59.6 Å². The van der Waals surface area contributed by atoms with Crippen molar-refractivity contribution in [1.82, 2.24) is 0 Å². The van der Waals surface area contributed by atoms with Gasteiger partial charge < -0.3 is 0 Å². The summed E-state index contributed by atoms with van der Waals surface area (Å²) in [6.07, 6.45) is 3.95. The predicted octanol–water partition coefficient (Wildman–Crippen LogP) is 5.49. The molecule has 20 heavy (non-hydrogen) atoms. The molecule has 0 aromatic heterocycles. The Labute approximate surface area is 128 Å². The summed E-state index contributed by atoms with van der Waals surface area (Å²) in [7, 11) is 0. The molecule has 0 amide bonds. The molecule has 0 aliphatic heterocycles. The van der Waals surface area contributed by atoms with E-state index in [4.69, 9.17) is 23.2 Å². The third kappa shape index (κ3) is 4.41. The fraction of sp³-hybridized carbons (Fsp3) is 0.0625. The van der Waals surface area contributed by atoms with Crippen molar-refractivity contribution in [3.63, 3.8) is 0 Å². The van der Waals surface area contributed by atoms with Gasteiger partial charge in [0.05, 0.1) is 21.4 Å². The van der Waals surface area contributed by atoms with Gasteiger partial charge in [-0.3, -0.25) is 5.43 Å². The number of allylic oxidation sites excluding steroid dienone is 1. The van der Waals surface area contributed by atoms with Crippen LogP contribution in [0.15, 0.2) is 59.7 Å². The van der Waals surface area contributed by atoms with Crippen LogP contribution in [0, 0.1) is 0 Å². The third-order valence-electron chi connectivity index (χ3n) is 2.60. The molecule has 2 rings (SSSR count). The van der Waals surface area contributed by atoms with Gasteiger partial charge in [0.1, 0.15) is 0 Å². The van der Waals surface area contributed by atoms with Gasteiger partial charge in [-0.25, -0.2) is 0 Å². The van der Waals surface area contributed by atoms with Gasteiger partial charge in [-0.2, -0.15) is 5.10 Å². The fourth-order valence-corrected chi connectivity index (χ4v) is 1.83. The first-order valence-corrected chi connectivity index (χ1v) is 6.89. The summed E-state index contributed by atoms with van der Waals surface area (Å²) in [5, 5.41) is 5.29. The molecule has 0 aliphatic carbocycles. The van der Waals surface area contributed by atoms with Crippen molar-refractivity contribution in [1.29, 1.82) is 0 Å². The van der Waals surface area contributed by atoms with E-state index in [1.807, 2.05) is 55.5 Å². The average molecular weight is 305 g/mol. The van der Waals surface area contributed by atoms with Crippen LogP contribution in [-0.4, -0.2) is 5.71 Å². The van der Waals surface area contributed by atoms with Crippen LogP contribution in [0.5, 0.6) is 0 Å². The second-order valence-electron chi connectivity index (χ2n) is 4.24. The number of hydrogen-bond donors (Lipinski definition) is 1. The highest BCUT2D eigenvalue weighted by Crippen LogP contribution is 2.24. The lowest BCUT2D eigenvalue weighted by Gasteiger charge is -2.02. The quantitative estimate of drug-likeness (QED) is 0.586. The van der Waals surface area contributed by atoms with E-state index >= 15 is 0 Å². The van der Waals surface area contributed by atoms with E-state index in [2.05, 4.69) is 10.5 Å². The molecule has 0 fully saturated rings. The van der Waals surface area contributed by atoms with Crippen molar-refractivity contribution in [2.75, 3.05) is 5.43 Å². The Morgan fingerprint density at radius 3 is 2.50 bits per heavy atom. The molecule has 0 heterocycles. The molecule has 1 N–H and O–H groups in total. The molecule has 0 aliphatic rings. The smallest absolute Gasteiger partial charge is 0.0613 e. The van der Waals surface area contributed by atoms with E-state index in [1.165, 1.54) is 0 Å². The van der Waals surface area contributed by atoms with Gasteiger partial charge >= 0.3 is 0 Å². The fourth-order valence-electron chi connectivity index (χ4n) is 1.54. The lowest BCUT2D eigenvalue weighted by atomic mass is 10.2. The Morgan fingerprint density at radius 1 is 1.05 bits per heavy atom. The average Bonchev–Trinajstić information content (AvgIpc) is 2.47. The van der Waals surface area contributed by atoms with Gasteiger partial charge in [0.25, 0.3) is 0 Å². The first-order valence-electron chi connectivity index (χ1n) is 6.13. The summed E-state index contributed by atoms with van der Waals surface area (Å²) >= 11 is 11.8. The van der Waals surface area contributed by atoms with Crippen LogP contribution < -0.4 is 5.43 Å². The molecule has 2 nitrogen and oxygen atoms in total. The molecule has 2 aromatic carbocycles.